The van der Waals surface area contributed by atoms with Crippen molar-refractivity contribution < 1.29 is 9.90 Å². The molecule has 0 aliphatic heterocycles. The number of carbonyl (C=O) groups is 1. The van der Waals surface area contributed by atoms with Crippen LogP contribution >= 0.6 is 0 Å². The molecule has 0 bridgehead atoms. The minimum absolute atomic E-state index is 0.344. The van der Waals surface area contributed by atoms with Gasteiger partial charge in [-0.05, 0) is 26.0 Å². The summed E-state index contributed by atoms with van der Waals surface area (Å²) in [5.41, 5.74) is 1.28. The van der Waals surface area contributed by atoms with E-state index >= 15 is 0 Å². The maximum absolute atomic E-state index is 10.9. The van der Waals surface area contributed by atoms with E-state index in [-0.39, 0.29) is 0 Å². The second kappa shape index (κ2) is 6.01. The largest absolute Gasteiger partial charge is 0.481 e. The van der Waals surface area contributed by atoms with Gasteiger partial charge in [0.1, 0.15) is 11.9 Å². The fourth-order valence-corrected chi connectivity index (χ4v) is 1.65. The van der Waals surface area contributed by atoms with Crippen LogP contribution in [0.2, 0.25) is 0 Å². The summed E-state index contributed by atoms with van der Waals surface area (Å²) in [6.45, 7) is 6.37. The summed E-state index contributed by atoms with van der Waals surface area (Å²) < 4.78 is 0. The first-order chi connectivity index (χ1) is 8.49. The monoisotopic (exact) mass is 247 g/mol. The standard InChI is InChI=1S/C13H17N3O2/c1-4-16(8-9(2)13(17)18)12-11(7-14)6-5-10(3)15-12/h5-6,9H,4,8H2,1-3H3,(H,17,18). The van der Waals surface area contributed by atoms with Gasteiger partial charge in [-0.15, -0.1) is 0 Å². The molecule has 5 heteroatoms. The van der Waals surface area contributed by atoms with E-state index in [0.717, 1.165) is 5.69 Å². The van der Waals surface area contributed by atoms with Crippen molar-refractivity contribution in [2.75, 3.05) is 18.0 Å². The van der Waals surface area contributed by atoms with E-state index in [4.69, 9.17) is 10.4 Å². The first-order valence-corrected chi connectivity index (χ1v) is 5.85. The minimum Gasteiger partial charge on any atom is -0.481 e. The van der Waals surface area contributed by atoms with Crippen LogP contribution in [-0.4, -0.2) is 29.1 Å². The number of anilines is 1. The lowest BCUT2D eigenvalue weighted by molar-refractivity contribution is -0.140. The summed E-state index contributed by atoms with van der Waals surface area (Å²) in [4.78, 5) is 17.1. The molecule has 0 aliphatic rings. The molecule has 0 saturated carbocycles. The smallest absolute Gasteiger partial charge is 0.308 e. The number of rotatable bonds is 5. The minimum atomic E-state index is -0.848. The number of nitrogens with zero attached hydrogens (tertiary/aromatic N) is 3. The Morgan fingerprint density at radius 1 is 1.61 bits per heavy atom. The molecule has 0 amide bonds. The molecule has 5 nitrogen and oxygen atoms in total. The first kappa shape index (κ1) is 14.0. The van der Waals surface area contributed by atoms with Crippen molar-refractivity contribution in [3.63, 3.8) is 0 Å². The van der Waals surface area contributed by atoms with Crippen molar-refractivity contribution in [2.24, 2.45) is 5.92 Å². The molecule has 1 aromatic rings. The Morgan fingerprint density at radius 2 is 2.28 bits per heavy atom. The number of pyridine rings is 1. The van der Waals surface area contributed by atoms with Crippen molar-refractivity contribution in [1.29, 1.82) is 5.26 Å². The van der Waals surface area contributed by atoms with Gasteiger partial charge in [0.05, 0.1) is 11.5 Å². The molecule has 1 N–H and O–H groups in total. The summed E-state index contributed by atoms with van der Waals surface area (Å²) in [5, 5.41) is 18.0. The molecule has 1 unspecified atom stereocenters. The molecule has 0 radical (unpaired) electrons. The number of hydrogen-bond donors (Lipinski definition) is 1. The Bertz CT molecular complexity index is 480. The molecular weight excluding hydrogens is 230 g/mol. The summed E-state index contributed by atoms with van der Waals surface area (Å²) in [6, 6.07) is 5.58. The number of hydrogen-bond acceptors (Lipinski definition) is 4. The molecular formula is C13H17N3O2. The van der Waals surface area contributed by atoms with Crippen LogP contribution in [0.25, 0.3) is 0 Å². The Morgan fingerprint density at radius 3 is 2.78 bits per heavy atom. The zero-order valence-corrected chi connectivity index (χ0v) is 10.8. The summed E-state index contributed by atoms with van der Waals surface area (Å²) in [6.07, 6.45) is 0. The van der Waals surface area contributed by atoms with Gasteiger partial charge in [-0.1, -0.05) is 6.92 Å². The van der Waals surface area contributed by atoms with Gasteiger partial charge in [-0.3, -0.25) is 4.79 Å². The summed E-state index contributed by atoms with van der Waals surface area (Å²) in [5.74, 6) is -0.786. The van der Waals surface area contributed by atoms with E-state index in [1.54, 1.807) is 19.1 Å². The van der Waals surface area contributed by atoms with Gasteiger partial charge < -0.3 is 10.0 Å². The van der Waals surface area contributed by atoms with Crippen molar-refractivity contribution in [3.05, 3.63) is 23.4 Å². The molecule has 1 rings (SSSR count). The highest BCUT2D eigenvalue weighted by atomic mass is 16.4. The van der Waals surface area contributed by atoms with Gasteiger partial charge in [0, 0.05) is 18.8 Å². The molecule has 0 aromatic carbocycles. The van der Waals surface area contributed by atoms with Crippen LogP contribution in [0.5, 0.6) is 0 Å². The van der Waals surface area contributed by atoms with Crippen molar-refractivity contribution in [3.8, 4) is 6.07 Å². The molecule has 1 atom stereocenters. The lowest BCUT2D eigenvalue weighted by Gasteiger charge is -2.25. The number of nitriles is 1. The molecule has 0 spiro atoms. The topological polar surface area (TPSA) is 77.2 Å². The maximum Gasteiger partial charge on any atom is 0.308 e. The third-order valence-electron chi connectivity index (χ3n) is 2.73. The quantitative estimate of drug-likeness (QED) is 0.858. The number of aromatic nitrogens is 1. The van der Waals surface area contributed by atoms with Crippen molar-refractivity contribution in [1.82, 2.24) is 4.98 Å². The van der Waals surface area contributed by atoms with Crippen LogP contribution < -0.4 is 4.90 Å². The SMILES string of the molecule is CCN(CC(C)C(=O)O)c1nc(C)ccc1C#N. The summed E-state index contributed by atoms with van der Waals surface area (Å²) in [7, 11) is 0. The molecule has 18 heavy (non-hydrogen) atoms. The second-order valence-electron chi connectivity index (χ2n) is 4.21. The predicted octanol–water partition coefficient (Wildman–Crippen LogP) is 1.81. The average Bonchev–Trinajstić information content (AvgIpc) is 2.35. The van der Waals surface area contributed by atoms with Crippen molar-refractivity contribution in [2.45, 2.75) is 20.8 Å². The Kier molecular flexibility index (Phi) is 4.67. The van der Waals surface area contributed by atoms with Crippen LogP contribution in [0.3, 0.4) is 0 Å². The Balaban J connectivity index is 3.05. The Labute approximate surface area is 107 Å². The van der Waals surface area contributed by atoms with Crippen LogP contribution in [0.15, 0.2) is 12.1 Å². The molecule has 1 aromatic heterocycles. The van der Waals surface area contributed by atoms with Crippen LogP contribution in [-0.2, 0) is 4.79 Å². The molecule has 0 fully saturated rings. The highest BCUT2D eigenvalue weighted by molar-refractivity contribution is 5.70. The fraction of sp³-hybridized carbons (Fsp3) is 0.462. The van der Waals surface area contributed by atoms with Gasteiger partial charge in [0.15, 0.2) is 0 Å². The Hall–Kier alpha value is -2.09. The van der Waals surface area contributed by atoms with E-state index < -0.39 is 11.9 Å². The van der Waals surface area contributed by atoms with Gasteiger partial charge in [-0.2, -0.15) is 5.26 Å². The number of carboxylic acid groups (broad SMARTS) is 1. The highest BCUT2D eigenvalue weighted by Crippen LogP contribution is 2.19. The maximum atomic E-state index is 10.9. The molecule has 96 valence electrons. The lowest BCUT2D eigenvalue weighted by atomic mass is 10.1. The zero-order chi connectivity index (χ0) is 13.7. The van der Waals surface area contributed by atoms with E-state index in [1.165, 1.54) is 0 Å². The fourth-order valence-electron chi connectivity index (χ4n) is 1.65. The third-order valence-corrected chi connectivity index (χ3v) is 2.73. The van der Waals surface area contributed by atoms with E-state index in [1.807, 2.05) is 18.7 Å². The van der Waals surface area contributed by atoms with Gasteiger partial charge in [0.2, 0.25) is 0 Å². The van der Waals surface area contributed by atoms with E-state index in [9.17, 15) is 4.79 Å². The van der Waals surface area contributed by atoms with Gasteiger partial charge in [0.25, 0.3) is 0 Å². The average molecular weight is 247 g/mol. The second-order valence-corrected chi connectivity index (χ2v) is 4.21. The molecule has 1 heterocycles. The van der Waals surface area contributed by atoms with Crippen LogP contribution in [0, 0.1) is 24.2 Å². The van der Waals surface area contributed by atoms with Gasteiger partial charge in [-0.25, -0.2) is 4.98 Å². The van der Waals surface area contributed by atoms with Crippen LogP contribution in [0.1, 0.15) is 25.1 Å². The highest BCUT2D eigenvalue weighted by Gasteiger charge is 2.18. The van der Waals surface area contributed by atoms with E-state index in [0.29, 0.717) is 24.5 Å². The number of carboxylic acids is 1. The lowest BCUT2D eigenvalue weighted by Crippen LogP contribution is -2.33. The summed E-state index contributed by atoms with van der Waals surface area (Å²) >= 11 is 0. The zero-order valence-electron chi connectivity index (χ0n) is 10.8. The first-order valence-electron chi connectivity index (χ1n) is 5.85. The third kappa shape index (κ3) is 3.20. The predicted molar refractivity (Wildman–Crippen MR) is 68.4 cm³/mol. The number of aryl methyl sites for hydroxylation is 1. The van der Waals surface area contributed by atoms with E-state index in [2.05, 4.69) is 11.1 Å². The van der Waals surface area contributed by atoms with Crippen LogP contribution in [0.4, 0.5) is 5.82 Å². The normalized spacial score (nSPS) is 11.7. The van der Waals surface area contributed by atoms with Crippen molar-refractivity contribution >= 4 is 11.8 Å². The molecule has 0 aliphatic carbocycles. The molecule has 0 saturated heterocycles. The number of aliphatic carboxylic acids is 1. The van der Waals surface area contributed by atoms with Gasteiger partial charge >= 0.3 is 5.97 Å².